The SMILES string of the molecule is CCN(CC)NCCCC(C)N. The summed E-state index contributed by atoms with van der Waals surface area (Å²) in [5.41, 5.74) is 8.99. The second kappa shape index (κ2) is 7.53. The average Bonchev–Trinajstić information content (AvgIpc) is 2.04. The van der Waals surface area contributed by atoms with Crippen LogP contribution in [0.5, 0.6) is 0 Å². The van der Waals surface area contributed by atoms with Crippen molar-refractivity contribution >= 4 is 0 Å². The maximum absolute atomic E-state index is 5.63. The molecule has 0 heterocycles. The predicted molar refractivity (Wildman–Crippen MR) is 53.8 cm³/mol. The van der Waals surface area contributed by atoms with E-state index in [1.54, 1.807) is 0 Å². The van der Waals surface area contributed by atoms with E-state index in [4.69, 9.17) is 5.73 Å². The minimum absolute atomic E-state index is 0.337. The van der Waals surface area contributed by atoms with Gasteiger partial charge in [-0.3, -0.25) is 5.43 Å². The van der Waals surface area contributed by atoms with Crippen LogP contribution < -0.4 is 11.2 Å². The minimum atomic E-state index is 0.337. The third-order valence-electron chi connectivity index (χ3n) is 1.94. The standard InChI is InChI=1S/C9H23N3/c1-4-12(5-2)11-8-6-7-9(3)10/h9,11H,4-8,10H2,1-3H3. The number of nitrogens with two attached hydrogens (primary N) is 1. The van der Waals surface area contributed by atoms with Gasteiger partial charge in [0.25, 0.3) is 0 Å². The second-order valence-electron chi connectivity index (χ2n) is 3.20. The Morgan fingerprint density at radius 2 is 1.92 bits per heavy atom. The summed E-state index contributed by atoms with van der Waals surface area (Å²) in [6, 6.07) is 0.337. The topological polar surface area (TPSA) is 41.3 Å². The molecule has 12 heavy (non-hydrogen) atoms. The maximum Gasteiger partial charge on any atom is 0.0103 e. The number of nitrogens with one attached hydrogen (secondary N) is 1. The number of hydrazine groups is 1. The first kappa shape index (κ1) is 11.9. The molecule has 0 spiro atoms. The smallest absolute Gasteiger partial charge is 0.0103 e. The highest BCUT2D eigenvalue weighted by atomic mass is 15.5. The van der Waals surface area contributed by atoms with Crippen molar-refractivity contribution < 1.29 is 0 Å². The number of hydrogen-bond acceptors (Lipinski definition) is 3. The monoisotopic (exact) mass is 173 g/mol. The molecule has 0 bridgehead atoms. The molecule has 3 heteroatoms. The van der Waals surface area contributed by atoms with Gasteiger partial charge < -0.3 is 5.73 Å². The van der Waals surface area contributed by atoms with Gasteiger partial charge in [0.2, 0.25) is 0 Å². The zero-order chi connectivity index (χ0) is 9.40. The van der Waals surface area contributed by atoms with Crippen LogP contribution in [-0.2, 0) is 0 Å². The molecule has 0 aliphatic rings. The van der Waals surface area contributed by atoms with Gasteiger partial charge in [-0.15, -0.1) is 0 Å². The first-order valence-electron chi connectivity index (χ1n) is 4.94. The Morgan fingerprint density at radius 1 is 1.33 bits per heavy atom. The molecule has 0 amide bonds. The first-order chi connectivity index (χ1) is 5.70. The van der Waals surface area contributed by atoms with Crippen LogP contribution in [0.1, 0.15) is 33.6 Å². The van der Waals surface area contributed by atoms with Gasteiger partial charge in [0.15, 0.2) is 0 Å². The molecule has 0 fully saturated rings. The van der Waals surface area contributed by atoms with Crippen molar-refractivity contribution in [1.82, 2.24) is 10.4 Å². The van der Waals surface area contributed by atoms with Crippen LogP contribution in [-0.4, -0.2) is 30.7 Å². The summed E-state index contributed by atoms with van der Waals surface area (Å²) in [5.74, 6) is 0. The zero-order valence-electron chi connectivity index (χ0n) is 8.64. The molecule has 1 unspecified atom stereocenters. The molecule has 0 aromatic heterocycles. The number of nitrogens with zero attached hydrogens (tertiary/aromatic N) is 1. The summed E-state index contributed by atoms with van der Waals surface area (Å²) in [6.45, 7) is 9.54. The van der Waals surface area contributed by atoms with Crippen LogP contribution in [0.15, 0.2) is 0 Å². The molecule has 3 N–H and O–H groups in total. The highest BCUT2D eigenvalue weighted by Gasteiger charge is 1.97. The molecular formula is C9H23N3. The molecule has 0 aromatic carbocycles. The molecule has 0 rings (SSSR count). The minimum Gasteiger partial charge on any atom is -0.328 e. The van der Waals surface area contributed by atoms with Gasteiger partial charge in [-0.2, -0.15) is 0 Å². The molecule has 0 radical (unpaired) electrons. The van der Waals surface area contributed by atoms with Gasteiger partial charge in [-0.05, 0) is 19.8 Å². The molecule has 74 valence electrons. The van der Waals surface area contributed by atoms with Crippen LogP contribution in [0.2, 0.25) is 0 Å². The second-order valence-corrected chi connectivity index (χ2v) is 3.20. The number of hydrogen-bond donors (Lipinski definition) is 2. The quantitative estimate of drug-likeness (QED) is 0.445. The van der Waals surface area contributed by atoms with Crippen LogP contribution in [0.25, 0.3) is 0 Å². The summed E-state index contributed by atoms with van der Waals surface area (Å²) >= 11 is 0. The Hall–Kier alpha value is -0.120. The predicted octanol–water partition coefficient (Wildman–Crippen LogP) is 0.960. The van der Waals surface area contributed by atoms with E-state index >= 15 is 0 Å². The number of rotatable bonds is 7. The summed E-state index contributed by atoms with van der Waals surface area (Å²) in [4.78, 5) is 0. The Morgan fingerprint density at radius 3 is 2.33 bits per heavy atom. The van der Waals surface area contributed by atoms with Crippen LogP contribution in [0.3, 0.4) is 0 Å². The summed E-state index contributed by atoms with van der Waals surface area (Å²) in [5, 5.41) is 2.21. The molecule has 1 atom stereocenters. The fourth-order valence-electron chi connectivity index (χ4n) is 1.11. The lowest BCUT2D eigenvalue weighted by Gasteiger charge is -2.19. The van der Waals surface area contributed by atoms with Gasteiger partial charge >= 0.3 is 0 Å². The fourth-order valence-corrected chi connectivity index (χ4v) is 1.11. The van der Waals surface area contributed by atoms with Gasteiger partial charge in [-0.25, -0.2) is 5.01 Å². The van der Waals surface area contributed by atoms with E-state index in [0.29, 0.717) is 6.04 Å². The normalized spacial score (nSPS) is 13.8. The van der Waals surface area contributed by atoms with Gasteiger partial charge in [-0.1, -0.05) is 13.8 Å². The van der Waals surface area contributed by atoms with E-state index in [2.05, 4.69) is 31.2 Å². The molecular weight excluding hydrogens is 150 g/mol. The summed E-state index contributed by atoms with van der Waals surface area (Å²) in [6.07, 6.45) is 2.27. The largest absolute Gasteiger partial charge is 0.328 e. The Labute approximate surface area is 76.3 Å². The van der Waals surface area contributed by atoms with Crippen LogP contribution >= 0.6 is 0 Å². The van der Waals surface area contributed by atoms with Crippen molar-refractivity contribution in [3.05, 3.63) is 0 Å². The van der Waals surface area contributed by atoms with E-state index in [1.807, 2.05) is 0 Å². The molecule has 0 aromatic rings. The Balaban J connectivity index is 3.17. The van der Waals surface area contributed by atoms with Gasteiger partial charge in [0, 0.05) is 25.7 Å². The third-order valence-corrected chi connectivity index (χ3v) is 1.94. The molecule has 0 aliphatic heterocycles. The van der Waals surface area contributed by atoms with Crippen LogP contribution in [0, 0.1) is 0 Å². The van der Waals surface area contributed by atoms with E-state index in [0.717, 1.165) is 32.5 Å². The van der Waals surface area contributed by atoms with Gasteiger partial charge in [0.05, 0.1) is 0 Å². The van der Waals surface area contributed by atoms with Crippen molar-refractivity contribution in [3.63, 3.8) is 0 Å². The molecule has 0 saturated heterocycles. The molecule has 0 saturated carbocycles. The Kier molecular flexibility index (Phi) is 7.45. The third kappa shape index (κ3) is 6.58. The van der Waals surface area contributed by atoms with Crippen molar-refractivity contribution in [2.24, 2.45) is 5.73 Å². The molecule has 3 nitrogen and oxygen atoms in total. The maximum atomic E-state index is 5.63. The van der Waals surface area contributed by atoms with E-state index in [9.17, 15) is 0 Å². The van der Waals surface area contributed by atoms with E-state index in [-0.39, 0.29) is 0 Å². The molecule has 0 aliphatic carbocycles. The van der Waals surface area contributed by atoms with Crippen molar-refractivity contribution in [3.8, 4) is 0 Å². The average molecular weight is 173 g/mol. The highest BCUT2D eigenvalue weighted by Crippen LogP contribution is 1.91. The van der Waals surface area contributed by atoms with Crippen molar-refractivity contribution in [2.75, 3.05) is 19.6 Å². The van der Waals surface area contributed by atoms with Crippen LogP contribution in [0.4, 0.5) is 0 Å². The summed E-state index contributed by atoms with van der Waals surface area (Å²) in [7, 11) is 0. The zero-order valence-corrected chi connectivity index (χ0v) is 8.64. The van der Waals surface area contributed by atoms with Crippen molar-refractivity contribution in [2.45, 2.75) is 39.7 Å². The first-order valence-corrected chi connectivity index (χ1v) is 4.94. The fraction of sp³-hybridized carbons (Fsp3) is 1.00. The van der Waals surface area contributed by atoms with E-state index in [1.165, 1.54) is 0 Å². The lowest BCUT2D eigenvalue weighted by atomic mass is 10.2. The lowest BCUT2D eigenvalue weighted by molar-refractivity contribution is 0.207. The van der Waals surface area contributed by atoms with E-state index < -0.39 is 0 Å². The Bertz CT molecular complexity index is 89.8. The highest BCUT2D eigenvalue weighted by molar-refractivity contribution is 4.54. The van der Waals surface area contributed by atoms with Crippen molar-refractivity contribution in [1.29, 1.82) is 0 Å². The lowest BCUT2D eigenvalue weighted by Crippen LogP contribution is -2.38. The summed E-state index contributed by atoms with van der Waals surface area (Å²) < 4.78 is 0. The van der Waals surface area contributed by atoms with Gasteiger partial charge in [0.1, 0.15) is 0 Å².